The summed E-state index contributed by atoms with van der Waals surface area (Å²) < 4.78 is 0. The average Bonchev–Trinajstić information content (AvgIpc) is 3.26. The molecular weight excluding hydrogens is 653 g/mol. The Morgan fingerprint density at radius 3 is 1.00 bits per heavy atom. The molecule has 2 nitrogen and oxygen atoms in total. The molecule has 0 radical (unpaired) electrons. The Balaban J connectivity index is 0.998. The van der Waals surface area contributed by atoms with Gasteiger partial charge in [0, 0.05) is 33.8 Å². The van der Waals surface area contributed by atoms with Crippen LogP contribution in [0.25, 0.3) is 44.2 Å². The third kappa shape index (κ3) is 6.65. The summed E-state index contributed by atoms with van der Waals surface area (Å²) in [4.78, 5) is 4.66. The normalized spacial score (nSPS) is 11.0. The Hall–Kier alpha value is -7.16. The molecule has 256 valence electrons. The minimum Gasteiger partial charge on any atom is -0.311 e. The second-order valence-electron chi connectivity index (χ2n) is 13.4. The van der Waals surface area contributed by atoms with Crippen LogP contribution in [0.2, 0.25) is 0 Å². The second-order valence-corrected chi connectivity index (χ2v) is 13.4. The van der Waals surface area contributed by atoms with Crippen LogP contribution in [-0.4, -0.2) is 0 Å². The number of nitrogens with zero attached hydrogens (tertiary/aromatic N) is 2. The van der Waals surface area contributed by atoms with Gasteiger partial charge in [0.1, 0.15) is 0 Å². The lowest BCUT2D eigenvalue weighted by Gasteiger charge is -2.27. The van der Waals surface area contributed by atoms with Gasteiger partial charge in [0.2, 0.25) is 0 Å². The molecule has 0 N–H and O–H groups in total. The van der Waals surface area contributed by atoms with Crippen LogP contribution in [0.1, 0.15) is 0 Å². The van der Waals surface area contributed by atoms with Crippen LogP contribution in [0.5, 0.6) is 0 Å². The molecule has 0 heterocycles. The van der Waals surface area contributed by atoms with Crippen LogP contribution >= 0.6 is 0 Å². The predicted molar refractivity (Wildman–Crippen MR) is 230 cm³/mol. The van der Waals surface area contributed by atoms with Gasteiger partial charge >= 0.3 is 0 Å². The number of anilines is 6. The first-order valence-electron chi connectivity index (χ1n) is 18.4. The highest BCUT2D eigenvalue weighted by Gasteiger charge is 2.16. The van der Waals surface area contributed by atoms with Gasteiger partial charge in [0.15, 0.2) is 0 Å². The third-order valence-corrected chi connectivity index (χ3v) is 10.1. The molecule has 0 atom stereocenters. The summed E-state index contributed by atoms with van der Waals surface area (Å²) in [5.41, 5.74) is 13.9. The molecule has 0 fully saturated rings. The Bertz CT molecular complexity index is 2590. The van der Waals surface area contributed by atoms with E-state index in [4.69, 9.17) is 0 Å². The summed E-state index contributed by atoms with van der Waals surface area (Å²) in [7, 11) is 0. The van der Waals surface area contributed by atoms with Crippen molar-refractivity contribution in [3.05, 3.63) is 231 Å². The van der Waals surface area contributed by atoms with Crippen LogP contribution in [0.15, 0.2) is 231 Å². The summed E-state index contributed by atoms with van der Waals surface area (Å²) in [6.07, 6.45) is 0. The van der Waals surface area contributed by atoms with Crippen LogP contribution in [0.4, 0.5) is 34.1 Å². The molecule has 0 bridgehead atoms. The van der Waals surface area contributed by atoms with Gasteiger partial charge in [-0.25, -0.2) is 0 Å². The summed E-state index contributed by atoms with van der Waals surface area (Å²) >= 11 is 0. The molecule has 0 aliphatic heterocycles. The van der Waals surface area contributed by atoms with Crippen molar-refractivity contribution >= 4 is 44.9 Å². The Morgan fingerprint density at radius 1 is 0.204 bits per heavy atom. The van der Waals surface area contributed by atoms with Crippen molar-refractivity contribution in [3.8, 4) is 33.4 Å². The van der Waals surface area contributed by atoms with E-state index < -0.39 is 0 Å². The molecule has 9 aromatic carbocycles. The first-order chi connectivity index (χ1) is 26.8. The number of fused-ring (bicyclic) bond motifs is 1. The van der Waals surface area contributed by atoms with E-state index in [0.717, 1.165) is 34.1 Å². The third-order valence-electron chi connectivity index (χ3n) is 10.1. The van der Waals surface area contributed by atoms with Gasteiger partial charge < -0.3 is 9.80 Å². The molecule has 0 aromatic heterocycles. The maximum Gasteiger partial charge on any atom is 0.0540 e. The quantitative estimate of drug-likeness (QED) is 0.149. The molecule has 2 heteroatoms. The standard InChI is InChI=1S/C52H38N2/c1-4-13-39(14-5-1)40-23-25-41(26-24-40)42-27-33-48(34-28-42)53(46-17-6-2-7-18-46)49-35-29-43(30-36-49)44-31-37-50(38-32-44)54(47-19-8-3-9-20-47)52-22-12-16-45-15-10-11-21-51(45)52/h1-38H. The summed E-state index contributed by atoms with van der Waals surface area (Å²) in [6.45, 7) is 0. The molecule has 0 spiro atoms. The second kappa shape index (κ2) is 14.8. The number of benzene rings is 9. The van der Waals surface area contributed by atoms with E-state index in [1.165, 1.54) is 44.2 Å². The maximum atomic E-state index is 2.35. The summed E-state index contributed by atoms with van der Waals surface area (Å²) in [5.74, 6) is 0. The minimum absolute atomic E-state index is 1.10. The SMILES string of the molecule is c1ccc(-c2ccc(-c3ccc(N(c4ccccc4)c4ccc(-c5ccc(N(c6ccccc6)c6cccc7ccccc67)cc5)cc4)cc3)cc2)cc1. The molecular formula is C52H38N2. The van der Waals surface area contributed by atoms with E-state index in [1.54, 1.807) is 0 Å². The van der Waals surface area contributed by atoms with Crippen molar-refractivity contribution in [1.29, 1.82) is 0 Å². The lowest BCUT2D eigenvalue weighted by Crippen LogP contribution is -2.10. The average molecular weight is 691 g/mol. The Kier molecular flexibility index (Phi) is 8.99. The van der Waals surface area contributed by atoms with E-state index in [1.807, 2.05) is 0 Å². The highest BCUT2D eigenvalue weighted by atomic mass is 15.1. The van der Waals surface area contributed by atoms with E-state index in [2.05, 4.69) is 240 Å². The predicted octanol–water partition coefficient (Wildman–Crippen LogP) is 14.8. The topological polar surface area (TPSA) is 6.48 Å². The first kappa shape index (κ1) is 32.7. The van der Waals surface area contributed by atoms with Gasteiger partial charge in [-0.1, -0.05) is 164 Å². The first-order valence-corrected chi connectivity index (χ1v) is 18.4. The number of para-hydroxylation sites is 2. The van der Waals surface area contributed by atoms with Crippen LogP contribution in [-0.2, 0) is 0 Å². The van der Waals surface area contributed by atoms with E-state index in [-0.39, 0.29) is 0 Å². The highest BCUT2D eigenvalue weighted by molar-refractivity contribution is 5.99. The van der Waals surface area contributed by atoms with Crippen molar-refractivity contribution in [2.24, 2.45) is 0 Å². The molecule has 0 amide bonds. The van der Waals surface area contributed by atoms with Crippen molar-refractivity contribution in [1.82, 2.24) is 0 Å². The Morgan fingerprint density at radius 2 is 0.519 bits per heavy atom. The zero-order chi connectivity index (χ0) is 36.1. The zero-order valence-corrected chi connectivity index (χ0v) is 29.8. The molecule has 0 saturated heterocycles. The minimum atomic E-state index is 1.10. The van der Waals surface area contributed by atoms with Crippen LogP contribution in [0.3, 0.4) is 0 Å². The van der Waals surface area contributed by atoms with Crippen molar-refractivity contribution in [2.45, 2.75) is 0 Å². The van der Waals surface area contributed by atoms with Gasteiger partial charge in [-0.3, -0.25) is 0 Å². The van der Waals surface area contributed by atoms with E-state index in [0.29, 0.717) is 0 Å². The fourth-order valence-corrected chi connectivity index (χ4v) is 7.33. The molecule has 9 aromatic rings. The van der Waals surface area contributed by atoms with Gasteiger partial charge in [-0.05, 0) is 105 Å². The smallest absolute Gasteiger partial charge is 0.0540 e. The van der Waals surface area contributed by atoms with Gasteiger partial charge in [0.05, 0.1) is 5.69 Å². The molecule has 0 saturated carbocycles. The Labute approximate surface area is 317 Å². The highest BCUT2D eigenvalue weighted by Crippen LogP contribution is 2.40. The number of rotatable bonds is 9. The fourth-order valence-electron chi connectivity index (χ4n) is 7.33. The summed E-state index contributed by atoms with van der Waals surface area (Å²) in [6, 6.07) is 82.3. The monoisotopic (exact) mass is 690 g/mol. The maximum absolute atomic E-state index is 2.35. The molecule has 0 aliphatic rings. The number of hydrogen-bond acceptors (Lipinski definition) is 2. The van der Waals surface area contributed by atoms with E-state index >= 15 is 0 Å². The lowest BCUT2D eigenvalue weighted by molar-refractivity contribution is 1.28. The van der Waals surface area contributed by atoms with Crippen molar-refractivity contribution < 1.29 is 0 Å². The van der Waals surface area contributed by atoms with Crippen LogP contribution < -0.4 is 9.80 Å². The lowest BCUT2D eigenvalue weighted by atomic mass is 10.00. The van der Waals surface area contributed by atoms with Crippen molar-refractivity contribution in [3.63, 3.8) is 0 Å². The van der Waals surface area contributed by atoms with Gasteiger partial charge in [0.25, 0.3) is 0 Å². The zero-order valence-electron chi connectivity index (χ0n) is 29.8. The molecule has 54 heavy (non-hydrogen) atoms. The van der Waals surface area contributed by atoms with Gasteiger partial charge in [-0.15, -0.1) is 0 Å². The molecule has 9 rings (SSSR count). The summed E-state index contributed by atoms with van der Waals surface area (Å²) in [5, 5.41) is 2.44. The van der Waals surface area contributed by atoms with Crippen molar-refractivity contribution in [2.75, 3.05) is 9.80 Å². The van der Waals surface area contributed by atoms with Gasteiger partial charge in [-0.2, -0.15) is 0 Å². The fraction of sp³-hybridized carbons (Fsp3) is 0. The van der Waals surface area contributed by atoms with E-state index in [9.17, 15) is 0 Å². The largest absolute Gasteiger partial charge is 0.311 e. The van der Waals surface area contributed by atoms with Crippen LogP contribution in [0, 0.1) is 0 Å². The molecule has 0 aliphatic carbocycles. The number of hydrogen-bond donors (Lipinski definition) is 0. The molecule has 0 unspecified atom stereocenters.